The summed E-state index contributed by atoms with van der Waals surface area (Å²) < 4.78 is 9.35. The van der Waals surface area contributed by atoms with Crippen LogP contribution in [0.2, 0.25) is 0 Å². The average molecular weight is 243 g/mol. The molecular formula is C11H17NO5. The molecule has 0 unspecified atom stereocenters. The van der Waals surface area contributed by atoms with Crippen LogP contribution in [-0.4, -0.2) is 37.6 Å². The van der Waals surface area contributed by atoms with E-state index in [1.807, 2.05) is 0 Å². The van der Waals surface area contributed by atoms with Gasteiger partial charge in [-0.3, -0.25) is 4.79 Å². The summed E-state index contributed by atoms with van der Waals surface area (Å²) in [5.41, 5.74) is 0. The number of amides is 1. The summed E-state index contributed by atoms with van der Waals surface area (Å²) in [4.78, 5) is 32.4. The van der Waals surface area contributed by atoms with Crippen LogP contribution >= 0.6 is 0 Å². The number of esters is 2. The smallest absolute Gasteiger partial charge is 0.331 e. The van der Waals surface area contributed by atoms with E-state index < -0.39 is 11.9 Å². The van der Waals surface area contributed by atoms with Gasteiger partial charge < -0.3 is 14.8 Å². The minimum absolute atomic E-state index is 0.126. The van der Waals surface area contributed by atoms with Crippen LogP contribution in [0.25, 0.3) is 0 Å². The molecule has 0 heterocycles. The quantitative estimate of drug-likeness (QED) is 0.392. The molecular weight excluding hydrogens is 226 g/mol. The molecule has 1 amide bonds. The monoisotopic (exact) mass is 243 g/mol. The maximum absolute atomic E-state index is 11.0. The standard InChI is InChI=1S/C11H17NO5/c1-3-16-10(14)5-6-11(15)17-8-4-7-12-9(2)13/h5-6H,3-4,7-8H2,1-2H3,(H,12,13)/b6-5+. The van der Waals surface area contributed by atoms with E-state index in [1.54, 1.807) is 6.92 Å². The van der Waals surface area contributed by atoms with Gasteiger partial charge in [-0.25, -0.2) is 9.59 Å². The Morgan fingerprint density at radius 3 is 2.24 bits per heavy atom. The van der Waals surface area contributed by atoms with Gasteiger partial charge in [0, 0.05) is 25.6 Å². The molecule has 0 bridgehead atoms. The highest BCUT2D eigenvalue weighted by Crippen LogP contribution is 1.87. The maximum Gasteiger partial charge on any atom is 0.331 e. The second kappa shape index (κ2) is 9.38. The van der Waals surface area contributed by atoms with Gasteiger partial charge in [0.15, 0.2) is 0 Å². The third-order valence-electron chi connectivity index (χ3n) is 1.58. The summed E-state index contributed by atoms with van der Waals surface area (Å²) in [6.45, 7) is 3.98. The second-order valence-electron chi connectivity index (χ2n) is 3.09. The molecule has 0 rings (SSSR count). The fourth-order valence-corrected chi connectivity index (χ4v) is 0.884. The lowest BCUT2D eigenvalue weighted by Crippen LogP contribution is -2.22. The van der Waals surface area contributed by atoms with Crippen molar-refractivity contribution < 1.29 is 23.9 Å². The van der Waals surface area contributed by atoms with Gasteiger partial charge in [-0.05, 0) is 13.3 Å². The average Bonchev–Trinajstić information content (AvgIpc) is 2.26. The highest BCUT2D eigenvalue weighted by Gasteiger charge is 2.00. The first-order valence-corrected chi connectivity index (χ1v) is 5.32. The van der Waals surface area contributed by atoms with E-state index in [4.69, 9.17) is 4.74 Å². The number of hydrogen-bond donors (Lipinski definition) is 1. The third-order valence-corrected chi connectivity index (χ3v) is 1.58. The molecule has 0 aromatic rings. The molecule has 0 saturated heterocycles. The van der Waals surface area contributed by atoms with Gasteiger partial charge in [-0.2, -0.15) is 0 Å². The van der Waals surface area contributed by atoms with Crippen LogP contribution in [-0.2, 0) is 23.9 Å². The maximum atomic E-state index is 11.0. The Labute approximate surface area is 100.0 Å². The van der Waals surface area contributed by atoms with Crippen molar-refractivity contribution in [3.8, 4) is 0 Å². The number of nitrogens with one attached hydrogen (secondary N) is 1. The lowest BCUT2D eigenvalue weighted by molar-refractivity contribution is -0.140. The Bertz CT molecular complexity index is 298. The van der Waals surface area contributed by atoms with Crippen molar-refractivity contribution in [1.82, 2.24) is 5.32 Å². The molecule has 0 aliphatic heterocycles. The Balaban J connectivity index is 3.59. The van der Waals surface area contributed by atoms with Crippen molar-refractivity contribution >= 4 is 17.8 Å². The normalized spacial score (nSPS) is 10.0. The first-order chi connectivity index (χ1) is 8.06. The molecule has 0 atom stereocenters. The van der Waals surface area contributed by atoms with E-state index in [9.17, 15) is 14.4 Å². The van der Waals surface area contributed by atoms with Gasteiger partial charge in [0.25, 0.3) is 0 Å². The lowest BCUT2D eigenvalue weighted by atomic mass is 10.4. The summed E-state index contributed by atoms with van der Waals surface area (Å²) in [5.74, 6) is -1.32. The number of carbonyl (C=O) groups excluding carboxylic acids is 3. The number of carbonyl (C=O) groups is 3. The molecule has 0 radical (unpaired) electrons. The highest BCUT2D eigenvalue weighted by atomic mass is 16.5. The first-order valence-electron chi connectivity index (χ1n) is 5.32. The fourth-order valence-electron chi connectivity index (χ4n) is 0.884. The fraction of sp³-hybridized carbons (Fsp3) is 0.545. The predicted octanol–water partition coefficient (Wildman–Crippen LogP) is 0.175. The van der Waals surface area contributed by atoms with Crippen LogP contribution in [0.4, 0.5) is 0 Å². The van der Waals surface area contributed by atoms with Crippen LogP contribution in [0.1, 0.15) is 20.3 Å². The molecule has 0 fully saturated rings. The zero-order valence-corrected chi connectivity index (χ0v) is 10.0. The Morgan fingerprint density at radius 2 is 1.71 bits per heavy atom. The molecule has 6 nitrogen and oxygen atoms in total. The Hall–Kier alpha value is -1.85. The second-order valence-corrected chi connectivity index (χ2v) is 3.09. The molecule has 0 aliphatic carbocycles. The number of rotatable bonds is 7. The van der Waals surface area contributed by atoms with Gasteiger partial charge in [0.05, 0.1) is 13.2 Å². The zero-order chi connectivity index (χ0) is 13.1. The summed E-state index contributed by atoms with van der Waals surface area (Å²) >= 11 is 0. The van der Waals surface area contributed by atoms with Gasteiger partial charge in [0.1, 0.15) is 0 Å². The van der Waals surface area contributed by atoms with E-state index in [-0.39, 0.29) is 19.1 Å². The Kier molecular flexibility index (Phi) is 8.36. The molecule has 6 heteroatoms. The van der Waals surface area contributed by atoms with Crippen molar-refractivity contribution in [3.05, 3.63) is 12.2 Å². The largest absolute Gasteiger partial charge is 0.463 e. The van der Waals surface area contributed by atoms with E-state index >= 15 is 0 Å². The van der Waals surface area contributed by atoms with Gasteiger partial charge in [-0.15, -0.1) is 0 Å². The third kappa shape index (κ3) is 10.4. The highest BCUT2D eigenvalue weighted by molar-refractivity contribution is 5.91. The van der Waals surface area contributed by atoms with Crippen LogP contribution in [0.3, 0.4) is 0 Å². The predicted molar refractivity (Wildman–Crippen MR) is 60.0 cm³/mol. The molecule has 17 heavy (non-hydrogen) atoms. The van der Waals surface area contributed by atoms with E-state index in [2.05, 4.69) is 10.1 Å². The van der Waals surface area contributed by atoms with E-state index in [0.29, 0.717) is 13.0 Å². The van der Waals surface area contributed by atoms with Gasteiger partial charge in [-0.1, -0.05) is 0 Å². The number of hydrogen-bond acceptors (Lipinski definition) is 5. The molecule has 0 spiro atoms. The number of ether oxygens (including phenoxy) is 2. The SMILES string of the molecule is CCOC(=O)/C=C/C(=O)OCCCNC(C)=O. The molecule has 0 aliphatic rings. The van der Waals surface area contributed by atoms with E-state index in [0.717, 1.165) is 12.2 Å². The summed E-state index contributed by atoms with van der Waals surface area (Å²) in [6.07, 6.45) is 2.55. The molecule has 96 valence electrons. The first kappa shape index (κ1) is 15.2. The molecule has 0 aromatic heterocycles. The topological polar surface area (TPSA) is 81.7 Å². The van der Waals surface area contributed by atoms with Crippen molar-refractivity contribution in [2.24, 2.45) is 0 Å². The minimum atomic E-state index is -0.610. The van der Waals surface area contributed by atoms with Crippen molar-refractivity contribution in [2.45, 2.75) is 20.3 Å². The summed E-state index contributed by atoms with van der Waals surface area (Å²) in [6, 6.07) is 0. The summed E-state index contributed by atoms with van der Waals surface area (Å²) in [5, 5.41) is 2.56. The zero-order valence-electron chi connectivity index (χ0n) is 10.0. The minimum Gasteiger partial charge on any atom is -0.463 e. The molecule has 0 saturated carbocycles. The summed E-state index contributed by atoms with van der Waals surface area (Å²) in [7, 11) is 0. The van der Waals surface area contributed by atoms with Crippen LogP contribution in [0, 0.1) is 0 Å². The van der Waals surface area contributed by atoms with Crippen LogP contribution in [0.15, 0.2) is 12.2 Å². The van der Waals surface area contributed by atoms with Gasteiger partial charge >= 0.3 is 11.9 Å². The molecule has 1 N–H and O–H groups in total. The Morgan fingerprint density at radius 1 is 1.12 bits per heavy atom. The van der Waals surface area contributed by atoms with Gasteiger partial charge in [0.2, 0.25) is 5.91 Å². The van der Waals surface area contributed by atoms with Crippen molar-refractivity contribution in [2.75, 3.05) is 19.8 Å². The van der Waals surface area contributed by atoms with Crippen molar-refractivity contribution in [3.63, 3.8) is 0 Å². The van der Waals surface area contributed by atoms with Crippen molar-refractivity contribution in [1.29, 1.82) is 0 Å². The van der Waals surface area contributed by atoms with Crippen LogP contribution < -0.4 is 5.32 Å². The van der Waals surface area contributed by atoms with Crippen LogP contribution in [0.5, 0.6) is 0 Å². The van der Waals surface area contributed by atoms with E-state index in [1.165, 1.54) is 6.92 Å². The molecule has 0 aromatic carbocycles. The lowest BCUT2D eigenvalue weighted by Gasteiger charge is -2.02.